The van der Waals surface area contributed by atoms with Crippen molar-refractivity contribution in [2.45, 2.75) is 45.6 Å². The molecule has 1 heterocycles. The lowest BCUT2D eigenvalue weighted by molar-refractivity contribution is -0.122. The van der Waals surface area contributed by atoms with Gasteiger partial charge in [0, 0.05) is 22.8 Å². The Morgan fingerprint density at radius 2 is 2.08 bits per heavy atom. The number of halogens is 2. The summed E-state index contributed by atoms with van der Waals surface area (Å²) in [6, 6.07) is 5.28. The summed E-state index contributed by atoms with van der Waals surface area (Å²) < 4.78 is 1.76. The number of nitrogens with one attached hydrogen (secondary N) is 1. The van der Waals surface area contributed by atoms with Gasteiger partial charge in [0.15, 0.2) is 0 Å². The van der Waals surface area contributed by atoms with Gasteiger partial charge in [-0.3, -0.25) is 4.79 Å². The van der Waals surface area contributed by atoms with Crippen LogP contribution in [0.15, 0.2) is 18.2 Å². The average molecular weight is 395 g/mol. The van der Waals surface area contributed by atoms with Gasteiger partial charge in [0.25, 0.3) is 0 Å². The maximum atomic E-state index is 12.6. The van der Waals surface area contributed by atoms with Gasteiger partial charge in [-0.2, -0.15) is 5.10 Å². The molecule has 0 saturated heterocycles. The summed E-state index contributed by atoms with van der Waals surface area (Å²) in [5.41, 5.74) is 8.93. The highest BCUT2D eigenvalue weighted by molar-refractivity contribution is 6.35. The molecule has 1 aromatic carbocycles. The zero-order chi connectivity index (χ0) is 19.1. The van der Waals surface area contributed by atoms with Gasteiger partial charge < -0.3 is 11.1 Å². The molecule has 1 fully saturated rings. The molecule has 1 unspecified atom stereocenters. The lowest BCUT2D eigenvalue weighted by Gasteiger charge is -2.29. The van der Waals surface area contributed by atoms with Crippen LogP contribution in [0.25, 0.3) is 5.69 Å². The second kappa shape index (κ2) is 7.22. The van der Waals surface area contributed by atoms with E-state index in [9.17, 15) is 4.79 Å². The van der Waals surface area contributed by atoms with E-state index in [1.165, 1.54) is 0 Å². The minimum atomic E-state index is -0.325. The summed E-state index contributed by atoms with van der Waals surface area (Å²) in [5, 5.41) is 8.79. The SMILES string of the molecule is Cc1nn(-c2ccc(Cl)cc2Cl)c(C)c1CC(=O)NC(C)(CN)C1CC1. The summed E-state index contributed by atoms with van der Waals surface area (Å²) in [6.07, 6.45) is 2.52. The Labute approximate surface area is 163 Å². The van der Waals surface area contributed by atoms with Crippen LogP contribution in [0.1, 0.15) is 36.7 Å². The number of carbonyl (C=O) groups excluding carboxylic acids is 1. The molecule has 7 heteroatoms. The molecule has 5 nitrogen and oxygen atoms in total. The molecular formula is C19H24Cl2N4O. The number of aromatic nitrogens is 2. The van der Waals surface area contributed by atoms with E-state index < -0.39 is 0 Å². The molecule has 1 aliphatic carbocycles. The van der Waals surface area contributed by atoms with Crippen molar-refractivity contribution in [3.63, 3.8) is 0 Å². The molecule has 1 aliphatic rings. The van der Waals surface area contributed by atoms with Crippen LogP contribution in [0.3, 0.4) is 0 Å². The minimum Gasteiger partial charge on any atom is -0.349 e. The highest BCUT2D eigenvalue weighted by Crippen LogP contribution is 2.39. The highest BCUT2D eigenvalue weighted by Gasteiger charge is 2.41. The van der Waals surface area contributed by atoms with Crippen molar-refractivity contribution in [1.82, 2.24) is 15.1 Å². The van der Waals surface area contributed by atoms with Crippen LogP contribution in [0, 0.1) is 19.8 Å². The number of benzene rings is 1. The van der Waals surface area contributed by atoms with E-state index in [1.807, 2.05) is 26.8 Å². The van der Waals surface area contributed by atoms with Crippen molar-refractivity contribution in [2.75, 3.05) is 6.54 Å². The fourth-order valence-corrected chi connectivity index (χ4v) is 3.87. The molecule has 3 N–H and O–H groups in total. The summed E-state index contributed by atoms with van der Waals surface area (Å²) in [4.78, 5) is 12.6. The van der Waals surface area contributed by atoms with Crippen molar-refractivity contribution < 1.29 is 4.79 Å². The fourth-order valence-electron chi connectivity index (χ4n) is 3.38. The standard InChI is InChI=1S/C19H24Cl2N4O/c1-11-15(9-18(26)23-19(3,10-22)13-4-5-13)12(2)25(24-11)17-7-6-14(20)8-16(17)21/h6-8,13H,4-5,9-10,22H2,1-3H3,(H,23,26). The van der Waals surface area contributed by atoms with E-state index in [-0.39, 0.29) is 17.9 Å². The number of aryl methyl sites for hydroxylation is 1. The zero-order valence-electron chi connectivity index (χ0n) is 15.3. The molecule has 0 bridgehead atoms. The third-order valence-corrected chi connectivity index (χ3v) is 5.78. The number of hydrogen-bond donors (Lipinski definition) is 2. The molecule has 2 aromatic rings. The van der Waals surface area contributed by atoms with Crippen LogP contribution in [0.2, 0.25) is 10.0 Å². The van der Waals surface area contributed by atoms with Gasteiger partial charge >= 0.3 is 0 Å². The molecule has 0 radical (unpaired) electrons. The maximum Gasteiger partial charge on any atom is 0.225 e. The highest BCUT2D eigenvalue weighted by atomic mass is 35.5. The Hall–Kier alpha value is -1.56. The predicted molar refractivity (Wildman–Crippen MR) is 105 cm³/mol. The van der Waals surface area contributed by atoms with Crippen molar-refractivity contribution >= 4 is 29.1 Å². The Balaban J connectivity index is 1.83. The Bertz CT molecular complexity index is 844. The first-order chi connectivity index (χ1) is 12.2. The van der Waals surface area contributed by atoms with Crippen LogP contribution in [-0.4, -0.2) is 27.8 Å². The first kappa shape index (κ1) is 19.2. The van der Waals surface area contributed by atoms with Crippen molar-refractivity contribution in [3.05, 3.63) is 45.2 Å². The monoisotopic (exact) mass is 394 g/mol. The second-order valence-electron chi connectivity index (χ2n) is 7.28. The summed E-state index contributed by atoms with van der Waals surface area (Å²) in [5.74, 6) is 0.451. The van der Waals surface area contributed by atoms with Gasteiger partial charge in [0.2, 0.25) is 5.91 Å². The number of nitrogens with zero attached hydrogens (tertiary/aromatic N) is 2. The van der Waals surface area contributed by atoms with E-state index in [2.05, 4.69) is 10.4 Å². The van der Waals surface area contributed by atoms with E-state index in [0.717, 1.165) is 35.5 Å². The van der Waals surface area contributed by atoms with Crippen LogP contribution < -0.4 is 11.1 Å². The topological polar surface area (TPSA) is 72.9 Å². The van der Waals surface area contributed by atoms with Crippen LogP contribution in [-0.2, 0) is 11.2 Å². The molecule has 3 rings (SSSR count). The molecule has 140 valence electrons. The zero-order valence-corrected chi connectivity index (χ0v) is 16.8. The van der Waals surface area contributed by atoms with Crippen molar-refractivity contribution in [1.29, 1.82) is 0 Å². The third kappa shape index (κ3) is 3.75. The van der Waals surface area contributed by atoms with Gasteiger partial charge in [0.1, 0.15) is 0 Å². The molecule has 1 saturated carbocycles. The van der Waals surface area contributed by atoms with E-state index in [1.54, 1.807) is 16.8 Å². The lowest BCUT2D eigenvalue weighted by atomic mass is 9.95. The number of hydrogen-bond acceptors (Lipinski definition) is 3. The van der Waals surface area contributed by atoms with Gasteiger partial charge in [-0.05, 0) is 57.7 Å². The number of amides is 1. The van der Waals surface area contributed by atoms with E-state index >= 15 is 0 Å². The third-order valence-electron chi connectivity index (χ3n) is 5.24. The molecule has 1 amide bonds. The largest absolute Gasteiger partial charge is 0.349 e. The quantitative estimate of drug-likeness (QED) is 0.785. The average Bonchev–Trinajstić information content (AvgIpc) is 3.39. The van der Waals surface area contributed by atoms with Gasteiger partial charge in [-0.15, -0.1) is 0 Å². The normalized spacial score (nSPS) is 16.4. The number of nitrogens with two attached hydrogens (primary N) is 1. The summed E-state index contributed by atoms with van der Waals surface area (Å²) in [7, 11) is 0. The summed E-state index contributed by atoms with van der Waals surface area (Å²) >= 11 is 12.3. The van der Waals surface area contributed by atoms with Crippen LogP contribution in [0.5, 0.6) is 0 Å². The molecule has 26 heavy (non-hydrogen) atoms. The first-order valence-corrected chi connectivity index (χ1v) is 9.52. The molecule has 1 aromatic heterocycles. The molecule has 0 aliphatic heterocycles. The maximum absolute atomic E-state index is 12.6. The Morgan fingerprint density at radius 3 is 2.65 bits per heavy atom. The van der Waals surface area contributed by atoms with Gasteiger partial charge in [0.05, 0.1) is 28.4 Å². The van der Waals surface area contributed by atoms with E-state index in [0.29, 0.717) is 22.5 Å². The van der Waals surface area contributed by atoms with Crippen molar-refractivity contribution in [2.24, 2.45) is 11.7 Å². The van der Waals surface area contributed by atoms with Crippen LogP contribution >= 0.6 is 23.2 Å². The van der Waals surface area contributed by atoms with E-state index in [4.69, 9.17) is 28.9 Å². The Morgan fingerprint density at radius 1 is 1.38 bits per heavy atom. The Kier molecular flexibility index (Phi) is 5.33. The number of rotatable bonds is 6. The van der Waals surface area contributed by atoms with Gasteiger partial charge in [-0.1, -0.05) is 23.2 Å². The van der Waals surface area contributed by atoms with Crippen molar-refractivity contribution in [3.8, 4) is 5.69 Å². The fraction of sp³-hybridized carbons (Fsp3) is 0.474. The number of carbonyl (C=O) groups is 1. The first-order valence-electron chi connectivity index (χ1n) is 8.77. The summed E-state index contributed by atoms with van der Waals surface area (Å²) in [6.45, 7) is 6.32. The molecule has 0 spiro atoms. The van der Waals surface area contributed by atoms with Gasteiger partial charge in [-0.25, -0.2) is 4.68 Å². The lowest BCUT2D eigenvalue weighted by Crippen LogP contribution is -2.53. The molecular weight excluding hydrogens is 371 g/mol. The smallest absolute Gasteiger partial charge is 0.225 e. The molecule has 1 atom stereocenters. The predicted octanol–water partition coefficient (Wildman–Crippen LogP) is 3.58. The minimum absolute atomic E-state index is 0.0298. The second-order valence-corrected chi connectivity index (χ2v) is 8.12. The van der Waals surface area contributed by atoms with Crippen LogP contribution in [0.4, 0.5) is 0 Å².